The van der Waals surface area contributed by atoms with Crippen molar-refractivity contribution in [3.8, 4) is 5.75 Å². The fraction of sp³-hybridized carbons (Fsp3) is 0.556. The van der Waals surface area contributed by atoms with E-state index in [0.717, 1.165) is 31.2 Å². The number of hydrogen-bond acceptors (Lipinski definition) is 4. The van der Waals surface area contributed by atoms with Crippen molar-refractivity contribution in [1.82, 2.24) is 5.32 Å². The van der Waals surface area contributed by atoms with E-state index in [-0.39, 0.29) is 25.2 Å². The Bertz CT molecular complexity index is 536. The molecule has 5 nitrogen and oxygen atoms in total. The van der Waals surface area contributed by atoms with Crippen LogP contribution in [0.5, 0.6) is 5.75 Å². The molecule has 5 heteroatoms. The number of amides is 1. The summed E-state index contributed by atoms with van der Waals surface area (Å²) in [5, 5.41) is 2.88. The van der Waals surface area contributed by atoms with Gasteiger partial charge < -0.3 is 14.8 Å². The predicted octanol–water partition coefficient (Wildman–Crippen LogP) is 2.79. The van der Waals surface area contributed by atoms with Gasteiger partial charge in [-0.2, -0.15) is 0 Å². The summed E-state index contributed by atoms with van der Waals surface area (Å²) in [6, 6.07) is 7.83. The molecular formula is C18H25NO4. The first-order valence-electron chi connectivity index (χ1n) is 8.23. The Hall–Kier alpha value is -2.04. The molecule has 1 aromatic carbocycles. The van der Waals surface area contributed by atoms with Crippen LogP contribution in [-0.2, 0) is 14.3 Å². The van der Waals surface area contributed by atoms with Crippen LogP contribution in [0, 0.1) is 0 Å². The summed E-state index contributed by atoms with van der Waals surface area (Å²) >= 11 is 0. The van der Waals surface area contributed by atoms with E-state index in [0.29, 0.717) is 11.7 Å². The molecule has 0 spiro atoms. The fourth-order valence-corrected chi connectivity index (χ4v) is 2.75. The van der Waals surface area contributed by atoms with Crippen LogP contribution in [0.3, 0.4) is 0 Å². The van der Waals surface area contributed by atoms with Crippen molar-refractivity contribution >= 4 is 11.9 Å². The number of carbonyl (C=O) groups is 2. The Kier molecular flexibility index (Phi) is 6.44. The van der Waals surface area contributed by atoms with Crippen LogP contribution < -0.4 is 10.1 Å². The molecule has 0 radical (unpaired) electrons. The zero-order valence-corrected chi connectivity index (χ0v) is 13.8. The van der Waals surface area contributed by atoms with Gasteiger partial charge in [-0.15, -0.1) is 0 Å². The van der Waals surface area contributed by atoms with Crippen molar-refractivity contribution in [2.45, 2.75) is 51.5 Å². The lowest BCUT2D eigenvalue weighted by Gasteiger charge is -2.14. The first kappa shape index (κ1) is 17.3. The third kappa shape index (κ3) is 5.58. The molecule has 0 atom stereocenters. The molecule has 23 heavy (non-hydrogen) atoms. The molecule has 0 aliphatic heterocycles. The summed E-state index contributed by atoms with van der Waals surface area (Å²) in [5.74, 6) is 0.201. The molecule has 0 unspecified atom stereocenters. The van der Waals surface area contributed by atoms with Crippen molar-refractivity contribution in [1.29, 1.82) is 0 Å². The van der Waals surface area contributed by atoms with Gasteiger partial charge in [-0.25, -0.2) is 4.79 Å². The highest BCUT2D eigenvalue weighted by Crippen LogP contribution is 2.25. The summed E-state index contributed by atoms with van der Waals surface area (Å²) in [5.41, 5.74) is 1.04. The minimum absolute atomic E-state index is 0.194. The molecule has 1 aliphatic carbocycles. The number of rotatable bonds is 7. The Morgan fingerprint density at radius 1 is 1.17 bits per heavy atom. The molecule has 0 bridgehead atoms. The summed E-state index contributed by atoms with van der Waals surface area (Å²) in [6.07, 6.45) is 4.31. The van der Waals surface area contributed by atoms with Crippen molar-refractivity contribution < 1.29 is 19.1 Å². The van der Waals surface area contributed by atoms with Crippen LogP contribution in [0.15, 0.2) is 24.3 Å². The highest BCUT2D eigenvalue weighted by molar-refractivity contribution is 5.81. The van der Waals surface area contributed by atoms with E-state index in [1.807, 2.05) is 24.3 Å². The van der Waals surface area contributed by atoms with Gasteiger partial charge in [0.25, 0.3) is 5.91 Å². The zero-order chi connectivity index (χ0) is 16.7. The van der Waals surface area contributed by atoms with E-state index < -0.39 is 5.97 Å². The van der Waals surface area contributed by atoms with Crippen LogP contribution in [0.25, 0.3) is 0 Å². The first-order chi connectivity index (χ1) is 11.1. The van der Waals surface area contributed by atoms with Gasteiger partial charge in [0, 0.05) is 6.04 Å². The zero-order valence-electron chi connectivity index (χ0n) is 13.8. The Morgan fingerprint density at radius 3 is 2.57 bits per heavy atom. The summed E-state index contributed by atoms with van der Waals surface area (Å²) < 4.78 is 10.5. The number of carbonyl (C=O) groups excluding carboxylic acids is 2. The lowest BCUT2D eigenvalue weighted by Crippen LogP contribution is -2.36. The smallest absolute Gasteiger partial charge is 0.344 e. The molecule has 1 N–H and O–H groups in total. The lowest BCUT2D eigenvalue weighted by atomic mass is 10.0. The second kappa shape index (κ2) is 8.56. The molecule has 1 aromatic rings. The fourth-order valence-electron chi connectivity index (χ4n) is 2.75. The second-order valence-corrected chi connectivity index (χ2v) is 6.19. The van der Waals surface area contributed by atoms with Gasteiger partial charge in [0.15, 0.2) is 13.2 Å². The van der Waals surface area contributed by atoms with Gasteiger partial charge in [0.05, 0.1) is 0 Å². The highest BCUT2D eigenvalue weighted by Gasteiger charge is 2.18. The van der Waals surface area contributed by atoms with Crippen molar-refractivity contribution in [3.63, 3.8) is 0 Å². The molecule has 1 fully saturated rings. The van der Waals surface area contributed by atoms with Gasteiger partial charge in [-0.05, 0) is 30.4 Å². The van der Waals surface area contributed by atoms with Gasteiger partial charge in [0.1, 0.15) is 5.75 Å². The number of esters is 1. The first-order valence-corrected chi connectivity index (χ1v) is 8.23. The van der Waals surface area contributed by atoms with Crippen LogP contribution in [0.4, 0.5) is 0 Å². The SMILES string of the molecule is CC(C)c1ccccc1OCC(=O)OCC(=O)NC1CCCC1. The average molecular weight is 319 g/mol. The average Bonchev–Trinajstić information content (AvgIpc) is 3.04. The monoisotopic (exact) mass is 319 g/mol. The maximum absolute atomic E-state index is 11.7. The second-order valence-electron chi connectivity index (χ2n) is 6.19. The van der Waals surface area contributed by atoms with Gasteiger partial charge in [-0.3, -0.25) is 4.79 Å². The largest absolute Gasteiger partial charge is 0.482 e. The maximum Gasteiger partial charge on any atom is 0.344 e. The van der Waals surface area contributed by atoms with Crippen LogP contribution >= 0.6 is 0 Å². The summed E-state index contributed by atoms with van der Waals surface area (Å²) in [4.78, 5) is 23.4. The Morgan fingerprint density at radius 2 is 1.87 bits per heavy atom. The van der Waals surface area contributed by atoms with E-state index in [4.69, 9.17) is 9.47 Å². The van der Waals surface area contributed by atoms with Gasteiger partial charge in [-0.1, -0.05) is 44.9 Å². The van der Waals surface area contributed by atoms with E-state index in [1.54, 1.807) is 0 Å². The lowest BCUT2D eigenvalue weighted by molar-refractivity contribution is -0.150. The molecule has 1 saturated carbocycles. The van der Waals surface area contributed by atoms with E-state index in [1.165, 1.54) is 0 Å². The van der Waals surface area contributed by atoms with E-state index in [9.17, 15) is 9.59 Å². The van der Waals surface area contributed by atoms with Gasteiger partial charge in [0.2, 0.25) is 0 Å². The van der Waals surface area contributed by atoms with Gasteiger partial charge >= 0.3 is 5.97 Å². The molecule has 0 saturated heterocycles. The Labute approximate surface area is 137 Å². The topological polar surface area (TPSA) is 64.6 Å². The molecule has 126 valence electrons. The van der Waals surface area contributed by atoms with Crippen LogP contribution in [-0.4, -0.2) is 31.1 Å². The molecule has 1 aliphatic rings. The standard InChI is InChI=1S/C18H25NO4/c1-13(2)15-9-5-6-10-16(15)22-12-18(21)23-11-17(20)19-14-7-3-4-8-14/h5-6,9-10,13-14H,3-4,7-8,11-12H2,1-2H3,(H,19,20). The number of hydrogen-bond donors (Lipinski definition) is 1. The van der Waals surface area contributed by atoms with Crippen molar-refractivity contribution in [3.05, 3.63) is 29.8 Å². The third-order valence-corrected chi connectivity index (χ3v) is 3.97. The molecule has 1 amide bonds. The summed E-state index contributed by atoms with van der Waals surface area (Å²) in [7, 11) is 0. The van der Waals surface area contributed by atoms with E-state index in [2.05, 4.69) is 19.2 Å². The highest BCUT2D eigenvalue weighted by atomic mass is 16.6. The van der Waals surface area contributed by atoms with Crippen molar-refractivity contribution in [2.24, 2.45) is 0 Å². The molecule has 0 heterocycles. The predicted molar refractivity (Wildman–Crippen MR) is 87.4 cm³/mol. The number of ether oxygens (including phenoxy) is 2. The Balaban J connectivity index is 1.71. The minimum atomic E-state index is -0.537. The third-order valence-electron chi connectivity index (χ3n) is 3.97. The van der Waals surface area contributed by atoms with E-state index >= 15 is 0 Å². The minimum Gasteiger partial charge on any atom is -0.482 e. The molecule has 2 rings (SSSR count). The van der Waals surface area contributed by atoms with Crippen molar-refractivity contribution in [2.75, 3.05) is 13.2 Å². The van der Waals surface area contributed by atoms with Crippen LogP contribution in [0.2, 0.25) is 0 Å². The normalized spacial score (nSPS) is 14.7. The maximum atomic E-state index is 11.7. The molecule has 0 aromatic heterocycles. The summed E-state index contributed by atoms with van der Waals surface area (Å²) in [6.45, 7) is 3.69. The quantitative estimate of drug-likeness (QED) is 0.785. The molecular weight excluding hydrogens is 294 g/mol. The number of para-hydroxylation sites is 1. The number of benzene rings is 1. The van der Waals surface area contributed by atoms with Crippen LogP contribution in [0.1, 0.15) is 51.0 Å². The number of nitrogens with one attached hydrogen (secondary N) is 1.